The van der Waals surface area contributed by atoms with Crippen LogP contribution in [0.3, 0.4) is 0 Å². The lowest BCUT2D eigenvalue weighted by molar-refractivity contribution is 0.173. The molecular formula is C6H11N3O6S. The molecule has 0 aromatic carbocycles. The molecule has 0 aliphatic carbocycles. The molecule has 10 heteroatoms. The van der Waals surface area contributed by atoms with E-state index >= 15 is 0 Å². The molecular weight excluding hydrogens is 242 g/mol. The van der Waals surface area contributed by atoms with Gasteiger partial charge in [0.1, 0.15) is 0 Å². The molecule has 0 saturated heterocycles. The van der Waals surface area contributed by atoms with E-state index in [0.717, 1.165) is 20.5 Å². The van der Waals surface area contributed by atoms with Gasteiger partial charge in [0, 0.05) is 0 Å². The molecule has 2 amide bonds. The fraction of sp³-hybridized carbons (Fsp3) is 0.500. The predicted octanol–water partition coefficient (Wildman–Crippen LogP) is -0.986. The van der Waals surface area contributed by atoms with E-state index in [0.29, 0.717) is 0 Å². The number of hydrogen-bond acceptors (Lipinski definition) is 6. The first-order valence-corrected chi connectivity index (χ1v) is 5.63. The number of nitrogens with zero attached hydrogens (tertiary/aromatic N) is 1. The van der Waals surface area contributed by atoms with Gasteiger partial charge in [-0.1, -0.05) is 0 Å². The van der Waals surface area contributed by atoms with Gasteiger partial charge in [-0.2, -0.15) is 0 Å². The van der Waals surface area contributed by atoms with Crippen molar-refractivity contribution in [2.24, 2.45) is 4.40 Å². The minimum atomic E-state index is -3.78. The Labute approximate surface area is 91.9 Å². The first-order chi connectivity index (χ1) is 7.28. The number of nitrogens with one attached hydrogen (secondary N) is 2. The van der Waals surface area contributed by atoms with Gasteiger partial charge in [-0.25, -0.2) is 18.0 Å². The summed E-state index contributed by atoms with van der Waals surface area (Å²) in [6, 6.07) is 0. The molecule has 0 fully saturated rings. The first-order valence-electron chi connectivity index (χ1n) is 3.78. The fourth-order valence-electron chi connectivity index (χ4n) is 0.538. The van der Waals surface area contributed by atoms with Gasteiger partial charge in [0.25, 0.3) is 10.0 Å². The van der Waals surface area contributed by atoms with E-state index in [9.17, 15) is 18.0 Å². The smallest absolute Gasteiger partial charge is 0.413 e. The summed E-state index contributed by atoms with van der Waals surface area (Å²) >= 11 is 0. The van der Waals surface area contributed by atoms with Gasteiger partial charge in [-0.3, -0.25) is 10.6 Å². The number of ether oxygens (including phenoxy) is 2. The maximum atomic E-state index is 10.8. The van der Waals surface area contributed by atoms with Crippen molar-refractivity contribution in [3.8, 4) is 0 Å². The fourth-order valence-corrected chi connectivity index (χ4v) is 0.961. The molecule has 0 atom stereocenters. The second-order valence-corrected chi connectivity index (χ2v) is 4.05. The van der Waals surface area contributed by atoms with Crippen molar-refractivity contribution in [2.45, 2.75) is 0 Å². The van der Waals surface area contributed by atoms with Crippen LogP contribution < -0.4 is 10.6 Å². The van der Waals surface area contributed by atoms with Crippen LogP contribution in [0.5, 0.6) is 0 Å². The number of rotatable bonds is 1. The van der Waals surface area contributed by atoms with E-state index in [1.54, 1.807) is 0 Å². The highest BCUT2D eigenvalue weighted by Crippen LogP contribution is 1.86. The van der Waals surface area contributed by atoms with Crippen molar-refractivity contribution < 1.29 is 27.5 Å². The van der Waals surface area contributed by atoms with E-state index in [4.69, 9.17) is 0 Å². The summed E-state index contributed by atoms with van der Waals surface area (Å²) in [7, 11) is -1.66. The van der Waals surface area contributed by atoms with Crippen LogP contribution in [0.15, 0.2) is 4.40 Å². The molecule has 0 aromatic heterocycles. The number of carbonyl (C=O) groups is 2. The Balaban J connectivity index is 4.85. The third-order valence-electron chi connectivity index (χ3n) is 1.07. The Morgan fingerprint density at radius 2 is 1.44 bits per heavy atom. The molecule has 9 nitrogen and oxygen atoms in total. The summed E-state index contributed by atoms with van der Waals surface area (Å²) in [5.74, 6) is -0.610. The minimum Gasteiger partial charge on any atom is -0.453 e. The van der Waals surface area contributed by atoms with Crippen LogP contribution in [0.25, 0.3) is 0 Å². The quantitative estimate of drug-likeness (QED) is 0.457. The number of guanidine groups is 1. The highest BCUT2D eigenvalue weighted by molar-refractivity contribution is 7.89. The molecule has 0 aliphatic heterocycles. The lowest BCUT2D eigenvalue weighted by Crippen LogP contribution is -2.44. The van der Waals surface area contributed by atoms with Crippen molar-refractivity contribution in [1.82, 2.24) is 10.6 Å². The van der Waals surface area contributed by atoms with Crippen molar-refractivity contribution in [2.75, 3.05) is 20.5 Å². The molecule has 0 spiro atoms. The van der Waals surface area contributed by atoms with Crippen LogP contribution in [-0.4, -0.2) is 47.0 Å². The van der Waals surface area contributed by atoms with E-state index in [1.807, 2.05) is 10.6 Å². The zero-order chi connectivity index (χ0) is 12.8. The van der Waals surface area contributed by atoms with E-state index in [-0.39, 0.29) is 0 Å². The number of methoxy groups -OCH3 is 2. The number of hydrogen-bond donors (Lipinski definition) is 2. The van der Waals surface area contributed by atoms with Crippen LogP contribution >= 0.6 is 0 Å². The van der Waals surface area contributed by atoms with Crippen molar-refractivity contribution in [1.29, 1.82) is 0 Å². The average Bonchev–Trinajstić information content (AvgIpc) is 2.14. The maximum absolute atomic E-state index is 10.8. The van der Waals surface area contributed by atoms with E-state index in [1.165, 1.54) is 0 Å². The predicted molar refractivity (Wildman–Crippen MR) is 53.4 cm³/mol. The molecule has 0 radical (unpaired) electrons. The van der Waals surface area contributed by atoms with E-state index in [2.05, 4.69) is 13.9 Å². The number of sulfonamides is 1. The zero-order valence-electron chi connectivity index (χ0n) is 8.80. The molecule has 2 N–H and O–H groups in total. The van der Waals surface area contributed by atoms with Gasteiger partial charge >= 0.3 is 12.2 Å². The van der Waals surface area contributed by atoms with Gasteiger partial charge in [0.05, 0.1) is 20.5 Å². The topological polar surface area (TPSA) is 123 Å². The molecule has 0 unspecified atom stereocenters. The minimum absolute atomic E-state index is 0.610. The highest BCUT2D eigenvalue weighted by Gasteiger charge is 2.12. The standard InChI is InChI=1S/C6H11N3O6S/c1-14-5(10)7-4(8-6(11)15-2)9-16(3,12)13/h1-3H3,(H2,7,8,9,10,11). The Morgan fingerprint density at radius 3 is 1.69 bits per heavy atom. The third kappa shape index (κ3) is 6.59. The second kappa shape index (κ2) is 5.90. The Kier molecular flexibility index (Phi) is 5.22. The van der Waals surface area contributed by atoms with Crippen molar-refractivity contribution in [3.05, 3.63) is 0 Å². The summed E-state index contributed by atoms with van der Waals surface area (Å²) < 4.78 is 33.1. The van der Waals surface area contributed by atoms with Crippen LogP contribution in [0.1, 0.15) is 0 Å². The van der Waals surface area contributed by atoms with Crippen LogP contribution in [0, 0.1) is 0 Å². The number of alkyl carbamates (subject to hydrolysis) is 2. The number of amides is 2. The van der Waals surface area contributed by atoms with E-state index < -0.39 is 28.2 Å². The van der Waals surface area contributed by atoms with Crippen molar-refractivity contribution in [3.63, 3.8) is 0 Å². The van der Waals surface area contributed by atoms with Gasteiger partial charge in [0.15, 0.2) is 0 Å². The largest absolute Gasteiger partial charge is 0.453 e. The van der Waals surface area contributed by atoms with Gasteiger partial charge < -0.3 is 9.47 Å². The molecule has 0 aliphatic rings. The Bertz CT molecular complexity index is 380. The van der Waals surface area contributed by atoms with Gasteiger partial charge in [0.2, 0.25) is 5.96 Å². The molecule has 16 heavy (non-hydrogen) atoms. The summed E-state index contributed by atoms with van der Waals surface area (Å²) in [5.41, 5.74) is 0. The third-order valence-corrected chi connectivity index (χ3v) is 1.58. The normalized spacial score (nSPS) is 9.94. The molecule has 0 rings (SSSR count). The Morgan fingerprint density at radius 1 is 1.06 bits per heavy atom. The molecule has 92 valence electrons. The molecule has 0 saturated carbocycles. The van der Waals surface area contributed by atoms with Gasteiger partial charge in [-0.05, 0) is 0 Å². The second-order valence-electron chi connectivity index (χ2n) is 2.41. The summed E-state index contributed by atoms with van der Waals surface area (Å²) in [4.78, 5) is 21.6. The zero-order valence-corrected chi connectivity index (χ0v) is 9.62. The van der Waals surface area contributed by atoms with Gasteiger partial charge in [-0.15, -0.1) is 4.40 Å². The summed E-state index contributed by atoms with van der Waals surface area (Å²) in [6.07, 6.45) is -1.19. The van der Waals surface area contributed by atoms with Crippen molar-refractivity contribution >= 4 is 28.2 Å². The monoisotopic (exact) mass is 253 g/mol. The maximum Gasteiger partial charge on any atom is 0.413 e. The molecule has 0 bridgehead atoms. The Hall–Kier alpha value is -1.84. The lowest BCUT2D eigenvalue weighted by atomic mass is 10.8. The lowest BCUT2D eigenvalue weighted by Gasteiger charge is -2.07. The first kappa shape index (κ1) is 14.2. The van der Waals surface area contributed by atoms with Crippen LogP contribution in [0.2, 0.25) is 0 Å². The molecule has 0 aromatic rings. The molecule has 0 heterocycles. The highest BCUT2D eigenvalue weighted by atomic mass is 32.2. The average molecular weight is 253 g/mol. The van der Waals surface area contributed by atoms with Crippen LogP contribution in [-0.2, 0) is 19.5 Å². The number of carbonyl (C=O) groups excluding carboxylic acids is 2. The SMILES string of the molecule is COC(=O)NC(=NS(C)(=O)=O)NC(=O)OC. The summed E-state index contributed by atoms with van der Waals surface area (Å²) in [6.45, 7) is 0. The van der Waals surface area contributed by atoms with Crippen LogP contribution in [0.4, 0.5) is 9.59 Å². The summed E-state index contributed by atoms with van der Waals surface area (Å²) in [5, 5.41) is 3.77.